The van der Waals surface area contributed by atoms with Crippen LogP contribution in [0.2, 0.25) is 0 Å². The SMILES string of the molecule is [2H]c1c([2H])c([2H])c(-c2c([2H])c([2H])c(N(c3ccc4c(c3)C3(c5ccccc5O4)C4CC5CC(C4)CC3C5)c3c([2H])c([2H])c4c(c3[2H])C(C)(C)CCC4(C)C)c([2H])c2[2H])c([2H])c1[2H]. The van der Waals surface area contributed by atoms with Gasteiger partial charge in [-0.3, -0.25) is 0 Å². The summed E-state index contributed by atoms with van der Waals surface area (Å²) >= 11 is 0. The van der Waals surface area contributed by atoms with E-state index in [4.69, 9.17) is 11.6 Å². The highest BCUT2D eigenvalue weighted by Crippen LogP contribution is 2.69. The van der Waals surface area contributed by atoms with E-state index in [9.17, 15) is 9.60 Å². The summed E-state index contributed by atoms with van der Waals surface area (Å²) in [6, 6.07) is 7.78. The van der Waals surface area contributed by atoms with E-state index in [1.807, 2.05) is 52.0 Å². The van der Waals surface area contributed by atoms with Gasteiger partial charge in [-0.25, -0.2) is 0 Å². The van der Waals surface area contributed by atoms with Crippen LogP contribution in [0.1, 0.15) is 111 Å². The molecule has 4 fully saturated rings. The number of rotatable bonds is 4. The summed E-state index contributed by atoms with van der Waals surface area (Å²) < 4.78 is 117. The number of fused-ring (bicyclic) bond motifs is 3. The molecule has 2 heteroatoms. The van der Waals surface area contributed by atoms with Gasteiger partial charge in [-0.05, 0) is 150 Å². The zero-order valence-corrected chi connectivity index (χ0v) is 29.2. The maximum atomic E-state index is 10.1. The molecular weight excluding hydrogens is 607 g/mol. The highest BCUT2D eigenvalue weighted by Gasteiger charge is 2.61. The molecule has 2 nitrogen and oxygen atoms in total. The van der Waals surface area contributed by atoms with Crippen molar-refractivity contribution in [1.29, 1.82) is 0 Å². The van der Waals surface area contributed by atoms with Gasteiger partial charge in [-0.1, -0.05) is 94.2 Å². The van der Waals surface area contributed by atoms with Gasteiger partial charge in [0, 0.05) is 33.6 Å². The summed E-state index contributed by atoms with van der Waals surface area (Å²) in [5.74, 6) is 3.46. The van der Waals surface area contributed by atoms with Crippen molar-refractivity contribution < 1.29 is 21.2 Å². The van der Waals surface area contributed by atoms with Gasteiger partial charge in [0.15, 0.2) is 0 Å². The fourth-order valence-corrected chi connectivity index (χ4v) is 10.7. The number of nitrogens with zero attached hydrogens (tertiary/aromatic N) is 1. The molecule has 1 aliphatic heterocycles. The van der Waals surface area contributed by atoms with E-state index in [0.29, 0.717) is 52.7 Å². The summed E-state index contributed by atoms with van der Waals surface area (Å²) in [6.07, 6.45) is 7.04. The Bertz CT molecular complexity index is 2710. The van der Waals surface area contributed by atoms with Gasteiger partial charge in [-0.15, -0.1) is 0 Å². The minimum atomic E-state index is -0.666. The number of anilines is 3. The van der Waals surface area contributed by atoms with Crippen molar-refractivity contribution in [3.05, 3.63) is 137 Å². The highest BCUT2D eigenvalue weighted by atomic mass is 16.5. The van der Waals surface area contributed by atoms with Gasteiger partial charge in [0.1, 0.15) is 11.5 Å². The second-order valence-corrected chi connectivity index (χ2v) is 16.8. The molecule has 1 heterocycles. The average molecular weight is 668 g/mol. The number of para-hydroxylation sites is 1. The Labute approximate surface area is 315 Å². The van der Waals surface area contributed by atoms with Crippen LogP contribution >= 0.6 is 0 Å². The molecule has 11 rings (SSSR count). The van der Waals surface area contributed by atoms with Crippen LogP contribution in [-0.4, -0.2) is 0 Å². The maximum absolute atomic E-state index is 10.1. The summed E-state index contributed by atoms with van der Waals surface area (Å²) in [4.78, 5) is 1.46. The zero-order chi connectivity index (χ0) is 44.3. The molecule has 5 aromatic carbocycles. The molecule has 0 saturated heterocycles. The van der Waals surface area contributed by atoms with Crippen LogP contribution in [0.3, 0.4) is 0 Å². The molecule has 5 aliphatic carbocycles. The monoisotopic (exact) mass is 667 g/mol. The Hall–Kier alpha value is -4.30. The average Bonchev–Trinajstić information content (AvgIpc) is 3.23. The number of hydrogen-bond acceptors (Lipinski definition) is 2. The Morgan fingerprint density at radius 3 is 1.92 bits per heavy atom. The van der Waals surface area contributed by atoms with Crippen molar-refractivity contribution in [1.82, 2.24) is 0 Å². The van der Waals surface area contributed by atoms with Gasteiger partial charge in [0.2, 0.25) is 0 Å². The van der Waals surface area contributed by atoms with Crippen molar-refractivity contribution in [2.75, 3.05) is 4.90 Å². The molecule has 0 unspecified atom stereocenters. The van der Waals surface area contributed by atoms with E-state index in [1.165, 1.54) is 11.3 Å². The van der Waals surface area contributed by atoms with Crippen LogP contribution in [0.5, 0.6) is 11.5 Å². The van der Waals surface area contributed by atoms with Crippen molar-refractivity contribution in [3.63, 3.8) is 0 Å². The van der Waals surface area contributed by atoms with E-state index in [0.717, 1.165) is 49.0 Å². The summed E-state index contributed by atoms with van der Waals surface area (Å²) in [6.45, 7) is 8.12. The molecule has 0 amide bonds. The first-order valence-corrected chi connectivity index (χ1v) is 18.3. The number of benzene rings is 5. The van der Waals surface area contributed by atoms with Crippen molar-refractivity contribution in [2.24, 2.45) is 23.7 Å². The molecular formula is C48H49NO. The summed E-state index contributed by atoms with van der Waals surface area (Å²) in [5, 5.41) is 0. The Morgan fingerprint density at radius 2 is 1.20 bits per heavy atom. The van der Waals surface area contributed by atoms with Crippen LogP contribution in [-0.2, 0) is 16.2 Å². The van der Waals surface area contributed by atoms with Gasteiger partial charge < -0.3 is 9.64 Å². The largest absolute Gasteiger partial charge is 0.457 e. The van der Waals surface area contributed by atoms with Crippen molar-refractivity contribution >= 4 is 17.1 Å². The molecule has 50 heavy (non-hydrogen) atoms. The molecule has 0 radical (unpaired) electrons. The topological polar surface area (TPSA) is 12.5 Å². The number of hydrogen-bond donors (Lipinski definition) is 0. The molecule has 4 saturated carbocycles. The standard InChI is InChI=1S/C48H49NO/c1-46(2)22-23-47(3,4)42-29-38(18-20-40(42)46)49(37-16-14-34(15-17-37)33-10-6-5-7-11-33)39-19-21-45-43(30-39)48(41-12-8-9-13-44(41)50-45)35-25-31-24-32(27-35)28-36(48)26-31/h5-21,29-32,35-36H,22-28H2,1-4H3/i5D,6D,7D,10D,11D,14D,15D,16D,17D,18D,20D,29D. The third-order valence-electron chi connectivity index (χ3n) is 13.0. The lowest BCUT2D eigenvalue weighted by atomic mass is 9.42. The van der Waals surface area contributed by atoms with E-state index in [1.54, 1.807) is 6.07 Å². The normalized spacial score (nSPS) is 31.0. The van der Waals surface area contributed by atoms with Crippen LogP contribution in [0, 0.1) is 23.7 Å². The van der Waals surface area contributed by atoms with Crippen molar-refractivity contribution in [3.8, 4) is 22.6 Å². The molecule has 0 atom stereocenters. The second kappa shape index (κ2) is 10.8. The van der Waals surface area contributed by atoms with E-state index in [-0.39, 0.29) is 29.5 Å². The summed E-state index contributed by atoms with van der Waals surface area (Å²) in [5.41, 5.74) is 0.933. The highest BCUT2D eigenvalue weighted by molar-refractivity contribution is 5.81. The third-order valence-corrected chi connectivity index (χ3v) is 13.0. The predicted octanol–water partition coefficient (Wildman–Crippen LogP) is 13.0. The van der Waals surface area contributed by atoms with E-state index >= 15 is 0 Å². The maximum Gasteiger partial charge on any atom is 0.131 e. The predicted molar refractivity (Wildman–Crippen MR) is 206 cm³/mol. The van der Waals surface area contributed by atoms with Crippen LogP contribution in [0.15, 0.2) is 115 Å². The third kappa shape index (κ3) is 4.46. The molecule has 252 valence electrons. The van der Waals surface area contributed by atoms with Crippen LogP contribution in [0.25, 0.3) is 11.1 Å². The van der Waals surface area contributed by atoms with Gasteiger partial charge >= 0.3 is 0 Å². The van der Waals surface area contributed by atoms with E-state index in [2.05, 4.69) is 12.1 Å². The second-order valence-electron chi connectivity index (χ2n) is 16.8. The molecule has 0 N–H and O–H groups in total. The fraction of sp³-hybridized carbons (Fsp3) is 0.375. The molecule has 0 aromatic heterocycles. The van der Waals surface area contributed by atoms with Crippen LogP contribution in [0.4, 0.5) is 17.1 Å². The lowest BCUT2D eigenvalue weighted by Crippen LogP contribution is -2.57. The minimum absolute atomic E-state index is 0.0333. The lowest BCUT2D eigenvalue weighted by Gasteiger charge is -2.63. The number of ether oxygens (including phenoxy) is 1. The Balaban J connectivity index is 1.29. The molecule has 6 aliphatic rings. The van der Waals surface area contributed by atoms with Crippen LogP contribution < -0.4 is 9.64 Å². The van der Waals surface area contributed by atoms with Gasteiger partial charge in [0.05, 0.1) is 16.4 Å². The first-order valence-electron chi connectivity index (χ1n) is 24.3. The molecule has 5 aromatic rings. The quantitative estimate of drug-likeness (QED) is 0.189. The lowest BCUT2D eigenvalue weighted by molar-refractivity contribution is -0.0452. The Morgan fingerprint density at radius 1 is 0.580 bits per heavy atom. The van der Waals surface area contributed by atoms with Gasteiger partial charge in [-0.2, -0.15) is 0 Å². The zero-order valence-electron chi connectivity index (χ0n) is 41.2. The van der Waals surface area contributed by atoms with Gasteiger partial charge in [0.25, 0.3) is 0 Å². The first kappa shape index (κ1) is 20.5. The fourth-order valence-electron chi connectivity index (χ4n) is 10.7. The minimum Gasteiger partial charge on any atom is -0.457 e. The first-order chi connectivity index (χ1) is 29.2. The summed E-state index contributed by atoms with van der Waals surface area (Å²) in [7, 11) is 0. The molecule has 4 bridgehead atoms. The Kier molecular flexibility index (Phi) is 4.45. The smallest absolute Gasteiger partial charge is 0.131 e. The van der Waals surface area contributed by atoms with Crippen molar-refractivity contribution in [2.45, 2.75) is 88.9 Å². The molecule has 1 spiro atoms. The van der Waals surface area contributed by atoms with E-state index < -0.39 is 81.8 Å².